The zero-order valence-corrected chi connectivity index (χ0v) is 20.7. The number of aromatic nitrogens is 2. The van der Waals surface area contributed by atoms with E-state index in [2.05, 4.69) is 5.10 Å². The summed E-state index contributed by atoms with van der Waals surface area (Å²) >= 11 is 6.42. The number of aryl methyl sites for hydroxylation is 2. The van der Waals surface area contributed by atoms with Crippen molar-refractivity contribution in [3.05, 3.63) is 70.0 Å². The van der Waals surface area contributed by atoms with Crippen LogP contribution >= 0.6 is 11.6 Å². The summed E-state index contributed by atoms with van der Waals surface area (Å²) in [5, 5.41) is 13.5. The lowest BCUT2D eigenvalue weighted by Crippen LogP contribution is -2.33. The van der Waals surface area contributed by atoms with Gasteiger partial charge >= 0.3 is 5.97 Å². The first-order valence-corrected chi connectivity index (χ1v) is 12.7. The van der Waals surface area contributed by atoms with Gasteiger partial charge in [-0.1, -0.05) is 29.3 Å². The van der Waals surface area contributed by atoms with E-state index in [1.807, 2.05) is 32.0 Å². The molecule has 1 N–H and O–H groups in total. The molecule has 34 heavy (non-hydrogen) atoms. The van der Waals surface area contributed by atoms with Gasteiger partial charge in [0, 0.05) is 18.3 Å². The van der Waals surface area contributed by atoms with Crippen LogP contribution in [0.1, 0.15) is 41.3 Å². The number of hydrogen-bond donors (Lipinski definition) is 1. The van der Waals surface area contributed by atoms with E-state index in [0.717, 1.165) is 28.8 Å². The van der Waals surface area contributed by atoms with Gasteiger partial charge in [0.25, 0.3) is 0 Å². The molecule has 1 heterocycles. The van der Waals surface area contributed by atoms with Gasteiger partial charge in [0.15, 0.2) is 0 Å². The van der Waals surface area contributed by atoms with E-state index in [9.17, 15) is 13.2 Å². The Labute approximate surface area is 203 Å². The lowest BCUT2D eigenvalue weighted by molar-refractivity contribution is -0.137. The van der Waals surface area contributed by atoms with Gasteiger partial charge in [0.2, 0.25) is 10.0 Å². The van der Waals surface area contributed by atoms with Crippen LogP contribution in [0.3, 0.4) is 0 Å². The van der Waals surface area contributed by atoms with Crippen LogP contribution in [0.15, 0.2) is 47.5 Å². The highest BCUT2D eigenvalue weighted by molar-refractivity contribution is 7.89. The molecule has 0 aliphatic heterocycles. The molecule has 0 bridgehead atoms. The van der Waals surface area contributed by atoms with Crippen molar-refractivity contribution >= 4 is 27.6 Å². The summed E-state index contributed by atoms with van der Waals surface area (Å²) in [6.45, 7) is 3.67. The second kappa shape index (κ2) is 9.40. The molecule has 1 aliphatic carbocycles. The fraction of sp³-hybridized carbons (Fsp3) is 0.333. The molecule has 180 valence electrons. The van der Waals surface area contributed by atoms with Crippen molar-refractivity contribution in [2.24, 2.45) is 0 Å². The number of fused-ring (bicyclic) bond motifs is 1. The zero-order valence-electron chi connectivity index (χ0n) is 19.2. The lowest BCUT2D eigenvalue weighted by atomic mass is 9.93. The largest absolute Gasteiger partial charge is 0.480 e. The number of aliphatic carboxylic acids is 1. The van der Waals surface area contributed by atoms with E-state index in [1.54, 1.807) is 12.3 Å². The van der Waals surface area contributed by atoms with Gasteiger partial charge in [-0.2, -0.15) is 9.40 Å². The molecular weight excluding hydrogens is 478 g/mol. The molecule has 3 aromatic rings. The Bertz CT molecular complexity index is 1350. The molecule has 0 saturated carbocycles. The summed E-state index contributed by atoms with van der Waals surface area (Å²) in [4.78, 5) is 11.2. The molecule has 0 amide bonds. The fourth-order valence-electron chi connectivity index (χ4n) is 4.33. The van der Waals surface area contributed by atoms with Gasteiger partial charge in [-0.05, 0) is 62.9 Å². The normalized spacial score (nSPS) is 15.9. The van der Waals surface area contributed by atoms with Crippen LogP contribution in [-0.4, -0.2) is 40.6 Å². The molecule has 1 aromatic heterocycles. The van der Waals surface area contributed by atoms with E-state index in [-0.39, 0.29) is 16.5 Å². The first-order chi connectivity index (χ1) is 16.1. The van der Waals surface area contributed by atoms with Gasteiger partial charge in [-0.15, -0.1) is 0 Å². The minimum Gasteiger partial charge on any atom is -0.480 e. The second-order valence-corrected chi connectivity index (χ2v) is 10.9. The summed E-state index contributed by atoms with van der Waals surface area (Å²) in [6, 6.07) is 9.76. The van der Waals surface area contributed by atoms with Crippen molar-refractivity contribution in [2.45, 2.75) is 50.6 Å². The Hall–Kier alpha value is -2.88. The van der Waals surface area contributed by atoms with E-state index in [4.69, 9.17) is 21.4 Å². The van der Waals surface area contributed by atoms with Crippen LogP contribution in [0.25, 0.3) is 0 Å². The molecule has 2 aromatic carbocycles. The topological polar surface area (TPSA) is 102 Å². The maximum atomic E-state index is 13.4. The minimum atomic E-state index is -3.88. The van der Waals surface area contributed by atoms with E-state index < -0.39 is 22.0 Å². The molecule has 8 nitrogen and oxygen atoms in total. The number of hydrogen-bond acceptors (Lipinski definition) is 5. The van der Waals surface area contributed by atoms with Gasteiger partial charge in [-0.25, -0.2) is 8.42 Å². The first kappa shape index (κ1) is 24.3. The zero-order chi connectivity index (χ0) is 24.6. The quantitative estimate of drug-likeness (QED) is 0.500. The second-order valence-electron chi connectivity index (χ2n) is 8.49. The summed E-state index contributed by atoms with van der Waals surface area (Å²) in [7, 11) is -2.36. The Morgan fingerprint density at radius 1 is 1.24 bits per heavy atom. The van der Waals surface area contributed by atoms with Crippen molar-refractivity contribution in [1.29, 1.82) is 0 Å². The average molecular weight is 504 g/mol. The SMILES string of the molecule is Cc1ccc(Oc2ccc(S(=O)(=O)N(C)C3CCCc4c3cnn4CC(=O)O)cc2Cl)c(C)c1. The highest BCUT2D eigenvalue weighted by Gasteiger charge is 2.34. The third kappa shape index (κ3) is 4.68. The predicted molar refractivity (Wildman–Crippen MR) is 128 cm³/mol. The van der Waals surface area contributed by atoms with Crippen LogP contribution in [0.5, 0.6) is 11.5 Å². The fourth-order valence-corrected chi connectivity index (χ4v) is 6.01. The Morgan fingerprint density at radius 3 is 2.65 bits per heavy atom. The van der Waals surface area contributed by atoms with Crippen molar-refractivity contribution in [2.75, 3.05) is 7.05 Å². The summed E-state index contributed by atoms with van der Waals surface area (Å²) in [5.41, 5.74) is 3.55. The maximum Gasteiger partial charge on any atom is 0.325 e. The van der Waals surface area contributed by atoms with Crippen molar-refractivity contribution in [1.82, 2.24) is 14.1 Å². The Morgan fingerprint density at radius 2 is 1.97 bits per heavy atom. The van der Waals surface area contributed by atoms with Crippen molar-refractivity contribution in [3.8, 4) is 11.5 Å². The lowest BCUT2D eigenvalue weighted by Gasteiger charge is -2.31. The third-order valence-electron chi connectivity index (χ3n) is 6.09. The smallest absolute Gasteiger partial charge is 0.325 e. The highest BCUT2D eigenvalue weighted by Crippen LogP contribution is 2.38. The number of benzene rings is 2. The minimum absolute atomic E-state index is 0.0537. The number of carbonyl (C=O) groups is 1. The molecule has 1 aliphatic rings. The number of rotatable bonds is 7. The molecule has 0 saturated heterocycles. The molecule has 4 rings (SSSR count). The van der Waals surface area contributed by atoms with Gasteiger partial charge in [0.05, 0.1) is 22.2 Å². The van der Waals surface area contributed by atoms with Crippen LogP contribution in [-0.2, 0) is 27.8 Å². The molecule has 1 atom stereocenters. The standard InChI is InChI=1S/C24H26ClN3O5S/c1-15-7-9-22(16(2)11-15)33-23-10-8-17(12-19(23)25)34(31,32)27(3)20-5-4-6-21-18(20)13-26-28(21)14-24(29)30/h7-13,20H,4-6,14H2,1-3H3,(H,29,30). The highest BCUT2D eigenvalue weighted by atomic mass is 35.5. The van der Waals surface area contributed by atoms with Gasteiger partial charge in [0.1, 0.15) is 18.0 Å². The van der Waals surface area contributed by atoms with E-state index >= 15 is 0 Å². The predicted octanol–water partition coefficient (Wildman–Crippen LogP) is 4.73. The van der Waals surface area contributed by atoms with Crippen molar-refractivity contribution in [3.63, 3.8) is 0 Å². The van der Waals surface area contributed by atoms with E-state index in [1.165, 1.54) is 28.2 Å². The van der Waals surface area contributed by atoms with Gasteiger partial charge in [-0.3, -0.25) is 9.48 Å². The molecule has 0 spiro atoms. The first-order valence-electron chi connectivity index (χ1n) is 10.9. The number of halogens is 1. The number of ether oxygens (including phenoxy) is 1. The van der Waals surface area contributed by atoms with Crippen LogP contribution in [0.2, 0.25) is 5.02 Å². The van der Waals surface area contributed by atoms with E-state index in [0.29, 0.717) is 24.3 Å². The molecule has 0 radical (unpaired) electrons. The Kier molecular flexibility index (Phi) is 6.71. The third-order valence-corrected chi connectivity index (χ3v) is 8.24. The molecule has 1 unspecified atom stereocenters. The van der Waals surface area contributed by atoms with Gasteiger partial charge < -0.3 is 9.84 Å². The maximum absolute atomic E-state index is 13.4. The summed E-state index contributed by atoms with van der Waals surface area (Å²) in [5.74, 6) is 0.0187. The average Bonchev–Trinajstić information content (AvgIpc) is 3.18. The van der Waals surface area contributed by atoms with Crippen LogP contribution in [0, 0.1) is 13.8 Å². The Balaban J connectivity index is 1.59. The number of sulfonamides is 1. The van der Waals surface area contributed by atoms with Crippen LogP contribution < -0.4 is 4.74 Å². The van der Waals surface area contributed by atoms with Crippen molar-refractivity contribution < 1.29 is 23.1 Å². The number of carboxylic acids is 1. The number of nitrogens with zero attached hydrogens (tertiary/aromatic N) is 3. The summed E-state index contributed by atoms with van der Waals surface area (Å²) in [6.07, 6.45) is 3.57. The number of carboxylic acid groups (broad SMARTS) is 1. The molecular formula is C24H26ClN3O5S. The summed E-state index contributed by atoms with van der Waals surface area (Å²) < 4.78 is 35.6. The monoisotopic (exact) mass is 503 g/mol. The molecule has 10 heteroatoms. The molecule has 0 fully saturated rings. The van der Waals surface area contributed by atoms with Crippen LogP contribution in [0.4, 0.5) is 0 Å².